The number of hydrogen-bond acceptors (Lipinski definition) is 4. The van der Waals surface area contributed by atoms with E-state index >= 15 is 0 Å². The van der Waals surface area contributed by atoms with Crippen LogP contribution in [0.25, 0.3) is 0 Å². The van der Waals surface area contributed by atoms with Crippen LogP contribution in [0.3, 0.4) is 0 Å². The van der Waals surface area contributed by atoms with Crippen molar-refractivity contribution in [2.45, 2.75) is 52.2 Å². The van der Waals surface area contributed by atoms with Gasteiger partial charge in [0, 0.05) is 43.6 Å². The van der Waals surface area contributed by atoms with E-state index in [4.69, 9.17) is 4.74 Å². The molecule has 1 fully saturated rings. The molecule has 166 valence electrons. The fraction of sp³-hybridized carbons (Fsp3) is 0.440. The fourth-order valence-corrected chi connectivity index (χ4v) is 3.79. The number of carbonyl (C=O) groups is 2. The first-order valence-corrected chi connectivity index (χ1v) is 10.9. The van der Waals surface area contributed by atoms with Crippen LogP contribution in [0.4, 0.5) is 16.2 Å². The molecule has 1 N–H and O–H groups in total. The summed E-state index contributed by atoms with van der Waals surface area (Å²) in [5.74, 6) is -0.0960. The van der Waals surface area contributed by atoms with Crippen molar-refractivity contribution in [1.29, 1.82) is 0 Å². The number of nitrogens with zero attached hydrogens (tertiary/aromatic N) is 2. The number of piperidine rings is 1. The molecule has 1 saturated heterocycles. The maximum absolute atomic E-state index is 13.1. The summed E-state index contributed by atoms with van der Waals surface area (Å²) in [4.78, 5) is 29.2. The Morgan fingerprint density at radius 1 is 1.03 bits per heavy atom. The normalized spacial score (nSPS) is 14.1. The molecular weight excluding hydrogens is 390 g/mol. The van der Waals surface area contributed by atoms with Gasteiger partial charge in [0.15, 0.2) is 0 Å². The molecule has 0 bridgehead atoms. The van der Waals surface area contributed by atoms with Crippen molar-refractivity contribution >= 4 is 23.4 Å². The minimum atomic E-state index is -0.584. The van der Waals surface area contributed by atoms with Crippen LogP contribution in [-0.2, 0) is 11.3 Å². The number of amides is 2. The van der Waals surface area contributed by atoms with Gasteiger partial charge in [0.2, 0.25) is 0 Å². The second-order valence-electron chi connectivity index (χ2n) is 9.05. The third-order valence-corrected chi connectivity index (χ3v) is 5.20. The maximum atomic E-state index is 13.1. The molecule has 0 unspecified atom stereocenters. The average Bonchev–Trinajstić information content (AvgIpc) is 2.73. The van der Waals surface area contributed by atoms with Crippen LogP contribution in [0.5, 0.6) is 0 Å². The summed E-state index contributed by atoms with van der Waals surface area (Å²) in [5.41, 5.74) is 2.82. The fourth-order valence-electron chi connectivity index (χ4n) is 3.79. The monoisotopic (exact) mass is 423 g/mol. The van der Waals surface area contributed by atoms with Crippen LogP contribution < -0.4 is 10.2 Å². The van der Waals surface area contributed by atoms with Gasteiger partial charge in [-0.25, -0.2) is 4.79 Å². The summed E-state index contributed by atoms with van der Waals surface area (Å²) in [7, 11) is 1.81. The summed E-state index contributed by atoms with van der Waals surface area (Å²) in [6.45, 7) is 8.07. The third-order valence-electron chi connectivity index (χ3n) is 5.20. The molecule has 0 radical (unpaired) electrons. The molecular formula is C25H33N3O3. The summed E-state index contributed by atoms with van der Waals surface area (Å²) in [6, 6.07) is 15.3. The van der Waals surface area contributed by atoms with Gasteiger partial charge in [0.25, 0.3) is 5.91 Å². The van der Waals surface area contributed by atoms with Crippen LogP contribution in [0, 0.1) is 0 Å². The van der Waals surface area contributed by atoms with Gasteiger partial charge in [-0.1, -0.05) is 24.3 Å². The van der Waals surface area contributed by atoms with Crippen LogP contribution in [0.2, 0.25) is 0 Å². The lowest BCUT2D eigenvalue weighted by molar-refractivity contribution is 0.0635. The molecule has 6 heteroatoms. The van der Waals surface area contributed by atoms with Crippen molar-refractivity contribution in [3.05, 3.63) is 59.7 Å². The van der Waals surface area contributed by atoms with E-state index in [2.05, 4.69) is 28.4 Å². The van der Waals surface area contributed by atoms with Gasteiger partial charge in [0.05, 0.1) is 0 Å². The van der Waals surface area contributed by atoms with Gasteiger partial charge in [0.1, 0.15) is 5.60 Å². The Labute approximate surface area is 185 Å². The Bertz CT molecular complexity index is 914. The Morgan fingerprint density at radius 3 is 2.45 bits per heavy atom. The minimum Gasteiger partial charge on any atom is -0.444 e. The van der Waals surface area contributed by atoms with Crippen molar-refractivity contribution in [3.63, 3.8) is 0 Å². The molecule has 0 saturated carbocycles. The van der Waals surface area contributed by atoms with Gasteiger partial charge >= 0.3 is 6.09 Å². The lowest BCUT2D eigenvalue weighted by atomic mass is 10.1. The van der Waals surface area contributed by atoms with E-state index in [1.165, 1.54) is 24.9 Å². The highest BCUT2D eigenvalue weighted by Crippen LogP contribution is 2.25. The smallest absolute Gasteiger partial charge is 0.412 e. The van der Waals surface area contributed by atoms with Gasteiger partial charge in [-0.2, -0.15) is 0 Å². The van der Waals surface area contributed by atoms with Crippen LogP contribution in [0.1, 0.15) is 56.0 Å². The Kier molecular flexibility index (Phi) is 7.21. The van der Waals surface area contributed by atoms with Gasteiger partial charge in [-0.05, 0) is 69.9 Å². The standard InChI is InChI=1S/C25H33N3O3/c1-25(2,3)31-24(30)26-21-13-10-12-19(17-21)23(29)27(4)18-20-11-6-7-14-22(20)28-15-8-5-9-16-28/h6-7,10-14,17H,5,8-9,15-16,18H2,1-4H3,(H,26,30). The van der Waals surface area contributed by atoms with E-state index < -0.39 is 11.7 Å². The first-order valence-electron chi connectivity index (χ1n) is 10.9. The predicted molar refractivity (Wildman–Crippen MR) is 125 cm³/mol. The zero-order valence-electron chi connectivity index (χ0n) is 19.0. The first-order chi connectivity index (χ1) is 14.7. The number of carbonyl (C=O) groups excluding carboxylic acids is 2. The van der Waals surface area contributed by atoms with E-state index in [0.29, 0.717) is 17.8 Å². The molecule has 0 aromatic heterocycles. The van der Waals surface area contributed by atoms with Crippen LogP contribution in [-0.4, -0.2) is 42.6 Å². The first kappa shape index (κ1) is 22.7. The highest BCUT2D eigenvalue weighted by Gasteiger charge is 2.19. The van der Waals surface area contributed by atoms with Crippen molar-refractivity contribution in [2.75, 3.05) is 30.4 Å². The Balaban J connectivity index is 1.69. The van der Waals surface area contributed by atoms with Crippen molar-refractivity contribution in [1.82, 2.24) is 4.90 Å². The van der Waals surface area contributed by atoms with Gasteiger partial charge < -0.3 is 14.5 Å². The molecule has 6 nitrogen and oxygen atoms in total. The maximum Gasteiger partial charge on any atom is 0.412 e. The number of benzene rings is 2. The largest absolute Gasteiger partial charge is 0.444 e. The summed E-state index contributed by atoms with van der Waals surface area (Å²) < 4.78 is 5.29. The quantitative estimate of drug-likeness (QED) is 0.709. The lowest BCUT2D eigenvalue weighted by Gasteiger charge is -2.31. The van der Waals surface area contributed by atoms with E-state index in [9.17, 15) is 9.59 Å². The summed E-state index contributed by atoms with van der Waals surface area (Å²) in [6.07, 6.45) is 3.16. The highest BCUT2D eigenvalue weighted by atomic mass is 16.6. The molecule has 0 aliphatic carbocycles. The molecule has 2 aromatic rings. The van der Waals surface area contributed by atoms with E-state index in [0.717, 1.165) is 18.7 Å². The molecule has 0 spiro atoms. The topological polar surface area (TPSA) is 61.9 Å². The molecule has 1 heterocycles. The number of anilines is 2. The molecule has 2 amide bonds. The molecule has 1 aliphatic rings. The second kappa shape index (κ2) is 9.86. The number of nitrogens with one attached hydrogen (secondary N) is 1. The zero-order chi connectivity index (χ0) is 22.4. The zero-order valence-corrected chi connectivity index (χ0v) is 19.0. The highest BCUT2D eigenvalue weighted by molar-refractivity contribution is 5.96. The van der Waals surface area contributed by atoms with Crippen molar-refractivity contribution in [2.24, 2.45) is 0 Å². The third kappa shape index (κ3) is 6.48. The molecule has 0 atom stereocenters. The second-order valence-corrected chi connectivity index (χ2v) is 9.05. The van der Waals surface area contributed by atoms with E-state index in [1.807, 2.05) is 33.9 Å². The van der Waals surface area contributed by atoms with E-state index in [1.54, 1.807) is 29.2 Å². The van der Waals surface area contributed by atoms with Crippen molar-refractivity contribution in [3.8, 4) is 0 Å². The molecule has 31 heavy (non-hydrogen) atoms. The number of rotatable bonds is 5. The van der Waals surface area contributed by atoms with Crippen LogP contribution >= 0.6 is 0 Å². The number of para-hydroxylation sites is 1. The van der Waals surface area contributed by atoms with Gasteiger partial charge in [-0.15, -0.1) is 0 Å². The SMILES string of the molecule is CN(Cc1ccccc1N1CCCCC1)C(=O)c1cccc(NC(=O)OC(C)(C)C)c1. The summed E-state index contributed by atoms with van der Waals surface area (Å²) >= 11 is 0. The van der Waals surface area contributed by atoms with E-state index in [-0.39, 0.29) is 5.91 Å². The Hall–Kier alpha value is -3.02. The predicted octanol–water partition coefficient (Wildman–Crippen LogP) is 5.30. The number of ether oxygens (including phenoxy) is 1. The van der Waals surface area contributed by atoms with Gasteiger partial charge in [-0.3, -0.25) is 10.1 Å². The van der Waals surface area contributed by atoms with Crippen molar-refractivity contribution < 1.29 is 14.3 Å². The number of hydrogen-bond donors (Lipinski definition) is 1. The Morgan fingerprint density at radius 2 is 1.74 bits per heavy atom. The minimum absolute atomic E-state index is 0.0960. The average molecular weight is 424 g/mol. The molecule has 1 aliphatic heterocycles. The summed E-state index contributed by atoms with van der Waals surface area (Å²) in [5, 5.41) is 2.70. The lowest BCUT2D eigenvalue weighted by Crippen LogP contribution is -2.32. The van der Waals surface area contributed by atoms with Crippen LogP contribution in [0.15, 0.2) is 48.5 Å². The molecule has 3 rings (SSSR count). The molecule has 2 aromatic carbocycles.